The second-order valence-electron chi connectivity index (χ2n) is 4.18. The van der Waals surface area contributed by atoms with E-state index in [0.717, 1.165) is 45.3 Å². The van der Waals surface area contributed by atoms with Crippen molar-refractivity contribution in [2.45, 2.75) is 19.8 Å². The van der Waals surface area contributed by atoms with E-state index in [-0.39, 0.29) is 0 Å². The van der Waals surface area contributed by atoms with Crippen LogP contribution in [0.2, 0.25) is 0 Å². The molecule has 1 fully saturated rings. The molecule has 1 unspecified atom stereocenters. The van der Waals surface area contributed by atoms with Crippen molar-refractivity contribution in [2.24, 2.45) is 5.92 Å². The summed E-state index contributed by atoms with van der Waals surface area (Å²) in [6, 6.07) is 0. The molecule has 84 valence electrons. The van der Waals surface area contributed by atoms with Gasteiger partial charge in [0.05, 0.1) is 6.61 Å². The number of likely N-dealkylation sites (N-methyl/N-ethyl adjacent to an activating group) is 1. The lowest BCUT2D eigenvalue weighted by Gasteiger charge is -2.23. The minimum absolute atomic E-state index is 0.746. The molecule has 0 aromatic rings. The third-order valence-corrected chi connectivity index (χ3v) is 2.90. The van der Waals surface area contributed by atoms with Gasteiger partial charge in [-0.1, -0.05) is 6.92 Å². The van der Waals surface area contributed by atoms with E-state index in [9.17, 15) is 0 Å². The minimum Gasteiger partial charge on any atom is -0.381 e. The number of hydrogen-bond donors (Lipinski definition) is 1. The fourth-order valence-electron chi connectivity index (χ4n) is 1.70. The average molecular weight is 200 g/mol. The fourth-order valence-corrected chi connectivity index (χ4v) is 1.70. The third-order valence-electron chi connectivity index (χ3n) is 2.90. The summed E-state index contributed by atoms with van der Waals surface area (Å²) in [5, 5.41) is 3.50. The van der Waals surface area contributed by atoms with Gasteiger partial charge in [0.1, 0.15) is 0 Å². The van der Waals surface area contributed by atoms with Crippen molar-refractivity contribution in [1.29, 1.82) is 0 Å². The Morgan fingerprint density at radius 2 is 2.36 bits per heavy atom. The molecule has 0 amide bonds. The van der Waals surface area contributed by atoms with Crippen molar-refractivity contribution < 1.29 is 4.74 Å². The smallest absolute Gasteiger partial charge is 0.0506 e. The van der Waals surface area contributed by atoms with Gasteiger partial charge in [0.25, 0.3) is 0 Å². The Kier molecular flexibility index (Phi) is 6.15. The molecule has 0 saturated carbocycles. The van der Waals surface area contributed by atoms with Gasteiger partial charge in [0.15, 0.2) is 0 Å². The topological polar surface area (TPSA) is 24.5 Å². The fraction of sp³-hybridized carbons (Fsp3) is 1.00. The summed E-state index contributed by atoms with van der Waals surface area (Å²) in [6.07, 6.45) is 2.57. The summed E-state index contributed by atoms with van der Waals surface area (Å²) >= 11 is 0. The highest BCUT2D eigenvalue weighted by molar-refractivity contribution is 4.66. The molecule has 1 saturated heterocycles. The Morgan fingerprint density at radius 3 is 3.00 bits per heavy atom. The first kappa shape index (κ1) is 12.0. The summed E-state index contributed by atoms with van der Waals surface area (Å²) in [6.45, 7) is 8.61. The molecule has 1 N–H and O–H groups in total. The van der Waals surface area contributed by atoms with E-state index in [0.29, 0.717) is 0 Å². The van der Waals surface area contributed by atoms with E-state index in [1.54, 1.807) is 0 Å². The number of rotatable bonds is 6. The zero-order valence-corrected chi connectivity index (χ0v) is 9.59. The summed E-state index contributed by atoms with van der Waals surface area (Å²) in [5.41, 5.74) is 0. The molecule has 0 aliphatic carbocycles. The molecular formula is C11H24N2O. The summed E-state index contributed by atoms with van der Waals surface area (Å²) in [7, 11) is 2.16. The normalized spacial score (nSPS) is 22.9. The van der Waals surface area contributed by atoms with Crippen molar-refractivity contribution in [2.75, 3.05) is 46.4 Å². The molecule has 0 aromatic carbocycles. The van der Waals surface area contributed by atoms with Crippen molar-refractivity contribution in [3.63, 3.8) is 0 Å². The van der Waals surface area contributed by atoms with E-state index >= 15 is 0 Å². The van der Waals surface area contributed by atoms with Crippen LogP contribution in [-0.2, 0) is 4.74 Å². The Labute approximate surface area is 87.8 Å². The second-order valence-corrected chi connectivity index (χ2v) is 4.18. The molecule has 1 aliphatic rings. The summed E-state index contributed by atoms with van der Waals surface area (Å²) in [5.74, 6) is 0.746. The lowest BCUT2D eigenvalue weighted by Crippen LogP contribution is -2.34. The molecule has 3 heteroatoms. The first-order chi connectivity index (χ1) is 6.83. The standard InChI is InChI=1S/C11H24N2O/c1-3-13(2)7-6-12-9-11-5-4-8-14-10-11/h11-12H,3-10H2,1-2H3. The summed E-state index contributed by atoms with van der Waals surface area (Å²) in [4.78, 5) is 2.32. The molecule has 1 rings (SSSR count). The first-order valence-corrected chi connectivity index (χ1v) is 5.80. The van der Waals surface area contributed by atoms with Crippen LogP contribution in [0.1, 0.15) is 19.8 Å². The maximum atomic E-state index is 5.43. The molecule has 0 aromatic heterocycles. The van der Waals surface area contributed by atoms with Gasteiger partial charge in [-0.05, 0) is 32.4 Å². The van der Waals surface area contributed by atoms with Crippen molar-refractivity contribution >= 4 is 0 Å². The van der Waals surface area contributed by atoms with Crippen molar-refractivity contribution in [1.82, 2.24) is 10.2 Å². The second kappa shape index (κ2) is 7.21. The Balaban J connectivity index is 1.92. The lowest BCUT2D eigenvalue weighted by atomic mass is 10.0. The van der Waals surface area contributed by atoms with Gasteiger partial charge in [-0.25, -0.2) is 0 Å². The van der Waals surface area contributed by atoms with Gasteiger partial charge < -0.3 is 15.0 Å². The van der Waals surface area contributed by atoms with Crippen molar-refractivity contribution in [3.05, 3.63) is 0 Å². The molecule has 3 nitrogen and oxygen atoms in total. The van der Waals surface area contributed by atoms with Gasteiger partial charge in [-0.2, -0.15) is 0 Å². The molecule has 0 radical (unpaired) electrons. The van der Waals surface area contributed by atoms with E-state index in [2.05, 4.69) is 24.2 Å². The Bertz CT molecular complexity index is 135. The Morgan fingerprint density at radius 1 is 1.50 bits per heavy atom. The van der Waals surface area contributed by atoms with Crippen LogP contribution in [0.5, 0.6) is 0 Å². The highest BCUT2D eigenvalue weighted by Crippen LogP contribution is 2.11. The number of ether oxygens (including phenoxy) is 1. The number of nitrogens with one attached hydrogen (secondary N) is 1. The maximum Gasteiger partial charge on any atom is 0.0506 e. The molecule has 1 heterocycles. The summed E-state index contributed by atoms with van der Waals surface area (Å²) < 4.78 is 5.43. The van der Waals surface area contributed by atoms with Crippen LogP contribution in [0.15, 0.2) is 0 Å². The predicted octanol–water partition coefficient (Wildman–Crippen LogP) is 0.954. The predicted molar refractivity (Wildman–Crippen MR) is 59.6 cm³/mol. The first-order valence-electron chi connectivity index (χ1n) is 5.80. The lowest BCUT2D eigenvalue weighted by molar-refractivity contribution is 0.0547. The molecule has 14 heavy (non-hydrogen) atoms. The molecule has 1 aliphatic heterocycles. The van der Waals surface area contributed by atoms with Crippen LogP contribution < -0.4 is 5.32 Å². The van der Waals surface area contributed by atoms with Crippen LogP contribution >= 0.6 is 0 Å². The Hall–Kier alpha value is -0.120. The quantitative estimate of drug-likeness (QED) is 0.646. The van der Waals surface area contributed by atoms with Crippen LogP contribution in [0, 0.1) is 5.92 Å². The molecule has 1 atom stereocenters. The largest absolute Gasteiger partial charge is 0.381 e. The van der Waals surface area contributed by atoms with E-state index in [1.807, 2.05) is 0 Å². The van der Waals surface area contributed by atoms with Gasteiger partial charge in [-0.3, -0.25) is 0 Å². The monoisotopic (exact) mass is 200 g/mol. The van der Waals surface area contributed by atoms with Crippen LogP contribution in [0.3, 0.4) is 0 Å². The van der Waals surface area contributed by atoms with Crippen molar-refractivity contribution in [3.8, 4) is 0 Å². The van der Waals surface area contributed by atoms with Gasteiger partial charge >= 0.3 is 0 Å². The molecular weight excluding hydrogens is 176 g/mol. The van der Waals surface area contributed by atoms with Crippen LogP contribution in [0.25, 0.3) is 0 Å². The molecule has 0 bridgehead atoms. The molecule has 0 spiro atoms. The average Bonchev–Trinajstić information content (AvgIpc) is 2.25. The van der Waals surface area contributed by atoms with E-state index < -0.39 is 0 Å². The van der Waals surface area contributed by atoms with Gasteiger partial charge in [-0.15, -0.1) is 0 Å². The van der Waals surface area contributed by atoms with E-state index in [4.69, 9.17) is 4.74 Å². The number of nitrogens with zero attached hydrogens (tertiary/aromatic N) is 1. The van der Waals surface area contributed by atoms with Gasteiger partial charge in [0.2, 0.25) is 0 Å². The number of hydrogen-bond acceptors (Lipinski definition) is 3. The van der Waals surface area contributed by atoms with Crippen LogP contribution in [0.4, 0.5) is 0 Å². The van der Waals surface area contributed by atoms with E-state index in [1.165, 1.54) is 12.8 Å². The highest BCUT2D eigenvalue weighted by Gasteiger charge is 2.12. The maximum absolute atomic E-state index is 5.43. The van der Waals surface area contributed by atoms with Gasteiger partial charge in [0, 0.05) is 26.2 Å². The third kappa shape index (κ3) is 4.94. The zero-order chi connectivity index (χ0) is 10.2. The van der Waals surface area contributed by atoms with Crippen LogP contribution in [-0.4, -0.2) is 51.3 Å². The SMILES string of the molecule is CCN(C)CCNCC1CCCOC1. The minimum atomic E-state index is 0.746. The highest BCUT2D eigenvalue weighted by atomic mass is 16.5. The zero-order valence-electron chi connectivity index (χ0n) is 9.59.